The van der Waals surface area contributed by atoms with Crippen LogP contribution < -0.4 is 9.88 Å². The SMILES string of the molecule is CC(C)c1ccc(-n2nnnc2SCC(=O)N2CCN(c3cccc[nH+]3)CC2)cc1. The smallest absolute Gasteiger partial charge is 0.274 e. The third-order valence-electron chi connectivity index (χ3n) is 5.24. The van der Waals surface area contributed by atoms with Gasteiger partial charge in [-0.3, -0.25) is 9.69 Å². The molecule has 3 aromatic rings. The Balaban J connectivity index is 1.32. The lowest BCUT2D eigenvalue weighted by Gasteiger charge is -2.30. The Kier molecular flexibility index (Phi) is 6.27. The first-order valence-corrected chi connectivity index (χ1v) is 11.1. The summed E-state index contributed by atoms with van der Waals surface area (Å²) in [6.07, 6.45) is 1.92. The molecular weight excluding hydrogens is 398 g/mol. The molecular formula is C21H26N7OS+. The van der Waals surface area contributed by atoms with Gasteiger partial charge < -0.3 is 4.90 Å². The fraction of sp³-hybridized carbons (Fsp3) is 0.381. The van der Waals surface area contributed by atoms with Gasteiger partial charge in [0.25, 0.3) is 5.82 Å². The third-order valence-corrected chi connectivity index (χ3v) is 6.14. The molecule has 0 spiro atoms. The van der Waals surface area contributed by atoms with E-state index in [0.717, 1.165) is 24.6 Å². The second-order valence-corrected chi connectivity index (χ2v) is 8.47. The molecule has 1 amide bonds. The van der Waals surface area contributed by atoms with Gasteiger partial charge >= 0.3 is 0 Å². The highest BCUT2D eigenvalue weighted by atomic mass is 32.2. The number of benzene rings is 1. The molecule has 1 N–H and O–H groups in total. The van der Waals surface area contributed by atoms with E-state index < -0.39 is 0 Å². The predicted octanol–water partition coefficient (Wildman–Crippen LogP) is 2.04. The average molecular weight is 425 g/mol. The highest BCUT2D eigenvalue weighted by Crippen LogP contribution is 2.21. The number of amides is 1. The maximum Gasteiger partial charge on any atom is 0.274 e. The maximum atomic E-state index is 12.7. The molecule has 9 heteroatoms. The van der Waals surface area contributed by atoms with Crippen molar-refractivity contribution in [3.63, 3.8) is 0 Å². The number of aromatic amines is 1. The molecule has 4 rings (SSSR count). The number of aromatic nitrogens is 5. The van der Waals surface area contributed by atoms with E-state index in [4.69, 9.17) is 0 Å². The van der Waals surface area contributed by atoms with E-state index in [1.807, 2.05) is 35.4 Å². The van der Waals surface area contributed by atoms with Gasteiger partial charge in [-0.25, -0.2) is 4.98 Å². The lowest BCUT2D eigenvalue weighted by molar-refractivity contribution is -0.364. The van der Waals surface area contributed by atoms with Crippen LogP contribution in [0.3, 0.4) is 0 Å². The zero-order valence-corrected chi connectivity index (χ0v) is 18.0. The molecule has 1 aliphatic rings. The van der Waals surface area contributed by atoms with Crippen molar-refractivity contribution in [2.45, 2.75) is 24.9 Å². The van der Waals surface area contributed by atoms with E-state index in [1.165, 1.54) is 17.3 Å². The average Bonchev–Trinajstić information content (AvgIpc) is 3.27. The molecule has 156 valence electrons. The largest absolute Gasteiger partial charge is 0.334 e. The first-order valence-electron chi connectivity index (χ1n) is 10.1. The summed E-state index contributed by atoms with van der Waals surface area (Å²) in [5.41, 5.74) is 2.16. The van der Waals surface area contributed by atoms with Gasteiger partial charge in [0.2, 0.25) is 11.1 Å². The number of tetrazole rings is 1. The fourth-order valence-electron chi connectivity index (χ4n) is 3.43. The zero-order valence-electron chi connectivity index (χ0n) is 17.2. The van der Waals surface area contributed by atoms with Crippen molar-refractivity contribution in [1.29, 1.82) is 0 Å². The molecule has 0 unspecified atom stereocenters. The van der Waals surface area contributed by atoms with E-state index in [1.54, 1.807) is 4.68 Å². The summed E-state index contributed by atoms with van der Waals surface area (Å²) in [7, 11) is 0. The summed E-state index contributed by atoms with van der Waals surface area (Å²) >= 11 is 1.37. The van der Waals surface area contributed by atoms with Crippen LogP contribution in [-0.4, -0.2) is 62.9 Å². The van der Waals surface area contributed by atoms with Gasteiger partial charge in [-0.05, 0) is 40.1 Å². The number of anilines is 1. The minimum Gasteiger partial charge on any atom is -0.334 e. The lowest BCUT2D eigenvalue weighted by Crippen LogP contribution is -2.50. The number of H-pyrrole nitrogens is 1. The van der Waals surface area contributed by atoms with Crippen LogP contribution in [0.4, 0.5) is 5.82 Å². The Labute approximate surface area is 180 Å². The lowest BCUT2D eigenvalue weighted by atomic mass is 10.0. The van der Waals surface area contributed by atoms with Crippen LogP contribution in [-0.2, 0) is 4.79 Å². The van der Waals surface area contributed by atoms with Crippen LogP contribution in [0.1, 0.15) is 25.3 Å². The molecule has 1 aliphatic heterocycles. The molecule has 3 heterocycles. The zero-order chi connectivity index (χ0) is 20.9. The Morgan fingerprint density at radius 2 is 1.87 bits per heavy atom. The second kappa shape index (κ2) is 9.25. The maximum absolute atomic E-state index is 12.7. The topological polar surface area (TPSA) is 81.3 Å². The molecule has 30 heavy (non-hydrogen) atoms. The highest BCUT2D eigenvalue weighted by molar-refractivity contribution is 7.99. The Morgan fingerprint density at radius 3 is 2.53 bits per heavy atom. The predicted molar refractivity (Wildman–Crippen MR) is 116 cm³/mol. The Morgan fingerprint density at radius 1 is 1.10 bits per heavy atom. The second-order valence-electron chi connectivity index (χ2n) is 7.52. The summed E-state index contributed by atoms with van der Waals surface area (Å²) in [6.45, 7) is 7.38. The van der Waals surface area contributed by atoms with Crippen LogP contribution in [0.25, 0.3) is 5.69 Å². The summed E-state index contributed by atoms with van der Waals surface area (Å²) in [5.74, 6) is 1.99. The minimum atomic E-state index is 0.112. The van der Waals surface area contributed by atoms with Gasteiger partial charge in [0.15, 0.2) is 0 Å². The van der Waals surface area contributed by atoms with Crippen molar-refractivity contribution in [2.75, 3.05) is 36.8 Å². The van der Waals surface area contributed by atoms with E-state index >= 15 is 0 Å². The number of nitrogens with zero attached hydrogens (tertiary/aromatic N) is 6. The van der Waals surface area contributed by atoms with Crippen LogP contribution in [0.5, 0.6) is 0 Å². The molecule has 1 saturated heterocycles. The number of hydrogen-bond donors (Lipinski definition) is 0. The number of rotatable bonds is 6. The van der Waals surface area contributed by atoms with Crippen LogP contribution in [0, 0.1) is 0 Å². The molecule has 8 nitrogen and oxygen atoms in total. The third kappa shape index (κ3) is 4.62. The van der Waals surface area contributed by atoms with E-state index in [-0.39, 0.29) is 5.91 Å². The number of thioether (sulfide) groups is 1. The number of carbonyl (C=O) groups is 1. The molecule has 0 bridgehead atoms. The number of nitrogens with one attached hydrogen (secondary N) is 1. The molecule has 1 aromatic carbocycles. The normalized spacial score (nSPS) is 14.4. The highest BCUT2D eigenvalue weighted by Gasteiger charge is 2.26. The van der Waals surface area contributed by atoms with Gasteiger partial charge in [0.1, 0.15) is 13.1 Å². The fourth-order valence-corrected chi connectivity index (χ4v) is 4.22. The monoisotopic (exact) mass is 424 g/mol. The number of pyridine rings is 1. The van der Waals surface area contributed by atoms with Crippen molar-refractivity contribution in [1.82, 2.24) is 25.1 Å². The molecule has 1 fully saturated rings. The first kappa shape index (κ1) is 20.3. The molecule has 2 aromatic heterocycles. The van der Waals surface area contributed by atoms with Gasteiger partial charge in [-0.15, -0.1) is 5.10 Å². The molecule has 0 radical (unpaired) electrons. The van der Waals surface area contributed by atoms with Gasteiger partial charge in [-0.1, -0.05) is 43.8 Å². The van der Waals surface area contributed by atoms with Crippen molar-refractivity contribution >= 4 is 23.5 Å². The van der Waals surface area contributed by atoms with Crippen LogP contribution in [0.2, 0.25) is 0 Å². The van der Waals surface area contributed by atoms with E-state index in [2.05, 4.69) is 57.5 Å². The Bertz CT molecular complexity index is 967. The number of hydrogen-bond acceptors (Lipinski definition) is 6. The quantitative estimate of drug-likeness (QED) is 0.564. The summed E-state index contributed by atoms with van der Waals surface area (Å²) < 4.78 is 1.69. The van der Waals surface area contributed by atoms with Gasteiger partial charge in [0.05, 0.1) is 30.7 Å². The molecule has 0 aliphatic carbocycles. The number of piperazine rings is 1. The Hall–Kier alpha value is -2.94. The van der Waals surface area contributed by atoms with E-state index in [0.29, 0.717) is 29.9 Å². The van der Waals surface area contributed by atoms with Crippen molar-refractivity contribution < 1.29 is 9.78 Å². The molecule has 0 atom stereocenters. The summed E-state index contributed by atoms with van der Waals surface area (Å²) in [5, 5.41) is 12.6. The van der Waals surface area contributed by atoms with Crippen molar-refractivity contribution in [3.05, 3.63) is 54.2 Å². The van der Waals surface area contributed by atoms with Gasteiger partial charge in [0, 0.05) is 6.07 Å². The number of carbonyl (C=O) groups excluding carboxylic acids is 1. The first-order chi connectivity index (χ1) is 14.6. The minimum absolute atomic E-state index is 0.112. The van der Waals surface area contributed by atoms with E-state index in [9.17, 15) is 4.79 Å². The summed E-state index contributed by atoms with van der Waals surface area (Å²) in [6, 6.07) is 14.2. The summed E-state index contributed by atoms with van der Waals surface area (Å²) in [4.78, 5) is 20.1. The van der Waals surface area contributed by atoms with Crippen molar-refractivity contribution in [3.8, 4) is 5.69 Å². The van der Waals surface area contributed by atoms with Gasteiger partial charge in [-0.2, -0.15) is 4.68 Å². The van der Waals surface area contributed by atoms with Crippen LogP contribution in [0.15, 0.2) is 53.8 Å². The van der Waals surface area contributed by atoms with Crippen LogP contribution >= 0.6 is 11.8 Å². The standard InChI is InChI=1S/C21H25N7OS/c1-16(2)17-6-8-18(9-7-17)28-21(23-24-25-28)30-15-20(29)27-13-11-26(12-14-27)19-5-3-4-10-22-19/h3-10,16H,11-15H2,1-2H3/p+1. The molecule has 0 saturated carbocycles. The van der Waals surface area contributed by atoms with Crippen molar-refractivity contribution in [2.24, 2.45) is 0 Å².